The van der Waals surface area contributed by atoms with E-state index in [1.165, 1.54) is 0 Å². The SMILES string of the molecule is Cc1ccnc2nc(C(=O)N[C@@H]3CCCc4occc43)nn12. The number of carbonyl (C=O) groups is 1. The van der Waals surface area contributed by atoms with Crippen LogP contribution in [-0.4, -0.2) is 25.5 Å². The smallest absolute Gasteiger partial charge is 0.291 e. The number of hydrogen-bond donors (Lipinski definition) is 1. The van der Waals surface area contributed by atoms with E-state index in [0.29, 0.717) is 5.78 Å². The van der Waals surface area contributed by atoms with Gasteiger partial charge in [-0.15, -0.1) is 5.10 Å². The minimum absolute atomic E-state index is 0.0457. The van der Waals surface area contributed by atoms with Gasteiger partial charge in [0.05, 0.1) is 12.3 Å². The van der Waals surface area contributed by atoms with E-state index in [4.69, 9.17) is 4.42 Å². The molecular weight excluding hydrogens is 282 g/mol. The highest BCUT2D eigenvalue weighted by Crippen LogP contribution is 2.30. The average molecular weight is 297 g/mol. The third-order valence-electron chi connectivity index (χ3n) is 3.99. The molecule has 3 aromatic rings. The number of hydrogen-bond acceptors (Lipinski definition) is 5. The zero-order valence-electron chi connectivity index (χ0n) is 12.1. The van der Waals surface area contributed by atoms with Crippen molar-refractivity contribution < 1.29 is 9.21 Å². The van der Waals surface area contributed by atoms with Crippen LogP contribution in [0.25, 0.3) is 5.78 Å². The molecule has 3 heterocycles. The predicted molar refractivity (Wildman–Crippen MR) is 77.4 cm³/mol. The van der Waals surface area contributed by atoms with Gasteiger partial charge in [-0.3, -0.25) is 4.79 Å². The summed E-state index contributed by atoms with van der Waals surface area (Å²) in [5, 5.41) is 7.22. The van der Waals surface area contributed by atoms with Gasteiger partial charge in [0, 0.05) is 23.9 Å². The summed E-state index contributed by atoms with van der Waals surface area (Å²) in [4.78, 5) is 20.7. The summed E-state index contributed by atoms with van der Waals surface area (Å²) in [6.07, 6.45) is 6.13. The van der Waals surface area contributed by atoms with E-state index in [-0.39, 0.29) is 17.8 Å². The van der Waals surface area contributed by atoms with E-state index in [9.17, 15) is 4.79 Å². The van der Waals surface area contributed by atoms with E-state index in [1.54, 1.807) is 17.0 Å². The predicted octanol–water partition coefficient (Wildman–Crippen LogP) is 1.83. The van der Waals surface area contributed by atoms with Crippen LogP contribution < -0.4 is 5.32 Å². The molecule has 1 aliphatic rings. The Morgan fingerprint density at radius 2 is 2.36 bits per heavy atom. The summed E-state index contributed by atoms with van der Waals surface area (Å²) < 4.78 is 7.01. The molecule has 7 heteroatoms. The third kappa shape index (κ3) is 2.05. The van der Waals surface area contributed by atoms with Crippen LogP contribution >= 0.6 is 0 Å². The Kier molecular flexibility index (Phi) is 2.92. The lowest BCUT2D eigenvalue weighted by Gasteiger charge is -2.21. The van der Waals surface area contributed by atoms with Crippen molar-refractivity contribution in [3.05, 3.63) is 47.4 Å². The number of aromatic nitrogens is 4. The first kappa shape index (κ1) is 13.0. The van der Waals surface area contributed by atoms with Crippen molar-refractivity contribution >= 4 is 11.7 Å². The second kappa shape index (κ2) is 4.94. The second-order valence-electron chi connectivity index (χ2n) is 5.45. The summed E-state index contributed by atoms with van der Waals surface area (Å²) >= 11 is 0. The first-order valence-corrected chi connectivity index (χ1v) is 7.28. The van der Waals surface area contributed by atoms with Gasteiger partial charge in [-0.05, 0) is 31.9 Å². The van der Waals surface area contributed by atoms with E-state index >= 15 is 0 Å². The average Bonchev–Trinajstić information content (AvgIpc) is 3.14. The maximum Gasteiger partial charge on any atom is 0.291 e. The highest BCUT2D eigenvalue weighted by Gasteiger charge is 2.25. The van der Waals surface area contributed by atoms with E-state index in [0.717, 1.165) is 36.3 Å². The van der Waals surface area contributed by atoms with Crippen LogP contribution in [0.3, 0.4) is 0 Å². The van der Waals surface area contributed by atoms with Crippen molar-refractivity contribution in [1.29, 1.82) is 0 Å². The molecule has 0 unspecified atom stereocenters. The third-order valence-corrected chi connectivity index (χ3v) is 3.99. The fourth-order valence-corrected chi connectivity index (χ4v) is 2.86. The quantitative estimate of drug-likeness (QED) is 0.780. The van der Waals surface area contributed by atoms with Gasteiger partial charge >= 0.3 is 0 Å². The molecule has 0 radical (unpaired) electrons. The first-order chi connectivity index (χ1) is 10.7. The number of nitrogens with one attached hydrogen (secondary N) is 1. The molecule has 0 bridgehead atoms. The van der Waals surface area contributed by atoms with E-state index in [1.807, 2.05) is 19.1 Å². The molecule has 7 nitrogen and oxygen atoms in total. The van der Waals surface area contributed by atoms with Crippen molar-refractivity contribution in [2.45, 2.75) is 32.2 Å². The summed E-state index contributed by atoms with van der Waals surface area (Å²) in [6.45, 7) is 1.89. The van der Waals surface area contributed by atoms with Crippen LogP contribution in [0.1, 0.15) is 46.5 Å². The molecule has 112 valence electrons. The lowest BCUT2D eigenvalue weighted by Crippen LogP contribution is -2.31. The Hall–Kier alpha value is -2.70. The number of nitrogens with zero attached hydrogens (tertiary/aromatic N) is 4. The standard InChI is InChI=1S/C15H15N5O2/c1-9-5-7-16-15-18-13(19-20(9)15)14(21)17-11-3-2-4-12-10(11)6-8-22-12/h5-8,11H,2-4H2,1H3,(H,17,21)/t11-/m1/s1. The summed E-state index contributed by atoms with van der Waals surface area (Å²) in [5.74, 6) is 1.23. The van der Waals surface area contributed by atoms with Gasteiger partial charge < -0.3 is 9.73 Å². The molecule has 0 aliphatic heterocycles. The lowest BCUT2D eigenvalue weighted by molar-refractivity contribution is 0.0922. The lowest BCUT2D eigenvalue weighted by atomic mass is 9.93. The minimum atomic E-state index is -0.288. The number of fused-ring (bicyclic) bond motifs is 2. The van der Waals surface area contributed by atoms with Gasteiger partial charge in [-0.2, -0.15) is 4.98 Å². The zero-order valence-corrected chi connectivity index (χ0v) is 12.1. The van der Waals surface area contributed by atoms with E-state index in [2.05, 4.69) is 20.4 Å². The molecule has 3 aromatic heterocycles. The largest absolute Gasteiger partial charge is 0.469 e. The van der Waals surface area contributed by atoms with Gasteiger partial charge in [0.2, 0.25) is 5.82 Å². The Labute approximate surface area is 126 Å². The van der Waals surface area contributed by atoms with Crippen molar-refractivity contribution in [2.75, 3.05) is 0 Å². The molecule has 1 aliphatic carbocycles. The van der Waals surface area contributed by atoms with Crippen LogP contribution in [0, 0.1) is 6.92 Å². The summed E-state index contributed by atoms with van der Waals surface area (Å²) in [7, 11) is 0. The summed E-state index contributed by atoms with van der Waals surface area (Å²) in [5.41, 5.74) is 1.93. The number of rotatable bonds is 2. The maximum atomic E-state index is 12.4. The van der Waals surface area contributed by atoms with Crippen molar-refractivity contribution in [3.8, 4) is 0 Å². The number of furan rings is 1. The highest BCUT2D eigenvalue weighted by atomic mass is 16.3. The molecule has 4 rings (SSSR count). The van der Waals surface area contributed by atoms with Crippen molar-refractivity contribution in [3.63, 3.8) is 0 Å². The normalized spacial score (nSPS) is 17.4. The number of aryl methyl sites for hydroxylation is 2. The molecule has 0 aromatic carbocycles. The van der Waals surface area contributed by atoms with Gasteiger partial charge in [0.25, 0.3) is 11.7 Å². The number of carbonyl (C=O) groups excluding carboxylic acids is 1. The minimum Gasteiger partial charge on any atom is -0.469 e. The van der Waals surface area contributed by atoms with Gasteiger partial charge in [-0.1, -0.05) is 0 Å². The Morgan fingerprint density at radius 3 is 3.23 bits per heavy atom. The molecular formula is C15H15N5O2. The molecule has 0 saturated heterocycles. The highest BCUT2D eigenvalue weighted by molar-refractivity contribution is 5.91. The molecule has 1 amide bonds. The molecule has 0 fully saturated rings. The molecule has 1 atom stereocenters. The van der Waals surface area contributed by atoms with Crippen LogP contribution in [0.4, 0.5) is 0 Å². The monoisotopic (exact) mass is 297 g/mol. The van der Waals surface area contributed by atoms with Crippen LogP contribution in [-0.2, 0) is 6.42 Å². The first-order valence-electron chi connectivity index (χ1n) is 7.28. The molecule has 22 heavy (non-hydrogen) atoms. The fraction of sp³-hybridized carbons (Fsp3) is 0.333. The number of amides is 1. The molecule has 1 N–H and O–H groups in total. The Morgan fingerprint density at radius 1 is 1.45 bits per heavy atom. The maximum absolute atomic E-state index is 12.4. The van der Waals surface area contributed by atoms with Crippen LogP contribution in [0.2, 0.25) is 0 Å². The van der Waals surface area contributed by atoms with Crippen molar-refractivity contribution in [2.24, 2.45) is 0 Å². The van der Waals surface area contributed by atoms with E-state index < -0.39 is 0 Å². The van der Waals surface area contributed by atoms with Gasteiger partial charge in [0.1, 0.15) is 5.76 Å². The van der Waals surface area contributed by atoms with Gasteiger partial charge in [-0.25, -0.2) is 9.50 Å². The summed E-state index contributed by atoms with van der Waals surface area (Å²) in [6, 6.07) is 3.69. The molecule has 0 spiro atoms. The topological polar surface area (TPSA) is 85.3 Å². The Bertz CT molecular complexity index is 851. The zero-order chi connectivity index (χ0) is 15.1. The fourth-order valence-electron chi connectivity index (χ4n) is 2.86. The second-order valence-corrected chi connectivity index (χ2v) is 5.45. The van der Waals surface area contributed by atoms with Crippen LogP contribution in [0.15, 0.2) is 29.0 Å². The van der Waals surface area contributed by atoms with Crippen molar-refractivity contribution in [1.82, 2.24) is 24.9 Å². The molecule has 0 saturated carbocycles. The van der Waals surface area contributed by atoms with Crippen LogP contribution in [0.5, 0.6) is 0 Å². The Balaban J connectivity index is 1.61. The van der Waals surface area contributed by atoms with Gasteiger partial charge in [0.15, 0.2) is 0 Å².